The van der Waals surface area contributed by atoms with Crippen molar-refractivity contribution in [3.05, 3.63) is 111 Å². The number of rotatable bonds is 7. The third-order valence-corrected chi connectivity index (χ3v) is 8.04. The number of thiophene rings is 1. The fourth-order valence-electron chi connectivity index (χ4n) is 4.51. The van der Waals surface area contributed by atoms with Crippen LogP contribution >= 0.6 is 22.9 Å². The lowest BCUT2D eigenvalue weighted by atomic mass is 9.96. The zero-order valence-corrected chi connectivity index (χ0v) is 22.2. The van der Waals surface area contributed by atoms with Gasteiger partial charge < -0.3 is 10.1 Å². The van der Waals surface area contributed by atoms with E-state index in [0.29, 0.717) is 11.6 Å². The van der Waals surface area contributed by atoms with Gasteiger partial charge in [-0.2, -0.15) is 0 Å². The van der Waals surface area contributed by atoms with Crippen LogP contribution in [0.3, 0.4) is 0 Å². The van der Waals surface area contributed by atoms with E-state index in [2.05, 4.69) is 5.32 Å². The van der Waals surface area contributed by atoms with E-state index in [1.165, 1.54) is 23.3 Å². The van der Waals surface area contributed by atoms with Crippen LogP contribution in [0.2, 0.25) is 5.02 Å². The van der Waals surface area contributed by atoms with Crippen molar-refractivity contribution in [1.29, 1.82) is 0 Å². The fraction of sp³-hybridized carbons (Fsp3) is 0.226. The second-order valence-corrected chi connectivity index (χ2v) is 10.6. The van der Waals surface area contributed by atoms with Gasteiger partial charge in [0.2, 0.25) is 0 Å². The maximum absolute atomic E-state index is 13.4. The highest BCUT2D eigenvalue weighted by Gasteiger charge is 2.24. The molecule has 1 N–H and O–H groups in total. The van der Waals surface area contributed by atoms with Gasteiger partial charge in [0.15, 0.2) is 0 Å². The lowest BCUT2D eigenvalue weighted by Crippen LogP contribution is -2.14. The molecule has 37 heavy (non-hydrogen) atoms. The minimum atomic E-state index is -0.0836. The van der Waals surface area contributed by atoms with E-state index in [-0.39, 0.29) is 5.91 Å². The van der Waals surface area contributed by atoms with Crippen LogP contribution in [0.15, 0.2) is 83.9 Å². The highest BCUT2D eigenvalue weighted by Crippen LogP contribution is 2.39. The second-order valence-electron chi connectivity index (χ2n) is 9.13. The Balaban J connectivity index is 1.35. The van der Waals surface area contributed by atoms with Gasteiger partial charge in [-0.25, -0.2) is 4.99 Å². The number of ether oxygens (including phenoxy) is 1. The number of para-hydroxylation sites is 1. The zero-order chi connectivity index (χ0) is 25.5. The molecule has 0 bridgehead atoms. The number of benzene rings is 3. The first-order chi connectivity index (χ1) is 18.2. The van der Waals surface area contributed by atoms with Gasteiger partial charge in [-0.15, -0.1) is 11.3 Å². The number of aryl methyl sites for hydroxylation is 1. The Bertz CT molecular complexity index is 1380. The molecule has 1 aliphatic rings. The first-order valence-corrected chi connectivity index (χ1v) is 13.9. The highest BCUT2D eigenvalue weighted by molar-refractivity contribution is 7.16. The quantitative estimate of drug-likeness (QED) is 0.244. The molecule has 1 aromatic heterocycles. The Labute approximate surface area is 227 Å². The zero-order valence-electron chi connectivity index (χ0n) is 20.6. The van der Waals surface area contributed by atoms with Gasteiger partial charge in [0, 0.05) is 27.4 Å². The molecule has 0 aliphatic heterocycles. The Morgan fingerprint density at radius 2 is 1.65 bits per heavy atom. The molecule has 0 unspecified atom stereocenters. The van der Waals surface area contributed by atoms with Gasteiger partial charge in [0.1, 0.15) is 17.4 Å². The standard InChI is InChI=1S/C31H29ClN2O2S/c32-27-14-9-8-10-23(27)21-36-25-18-16-22(17-19-25)20-33-31-29(30(35)34-24-11-4-3-5-12-24)26-13-6-1-2-7-15-28(26)37-31/h3-5,8-12,14,16-20H,1-2,6-7,13,15,21H2,(H,34,35). The molecule has 6 heteroatoms. The average Bonchev–Trinajstić information content (AvgIpc) is 3.24. The summed E-state index contributed by atoms with van der Waals surface area (Å²) in [6, 6.07) is 25.1. The highest BCUT2D eigenvalue weighted by atomic mass is 35.5. The molecule has 1 aliphatic carbocycles. The molecule has 0 fully saturated rings. The number of hydrogen-bond acceptors (Lipinski definition) is 4. The number of aliphatic imine (C=N–C) groups is 1. The largest absolute Gasteiger partial charge is 0.489 e. The Kier molecular flexibility index (Phi) is 8.34. The number of nitrogens with zero attached hydrogens (tertiary/aromatic N) is 1. The van der Waals surface area contributed by atoms with Crippen molar-refractivity contribution in [1.82, 2.24) is 0 Å². The van der Waals surface area contributed by atoms with Crippen molar-refractivity contribution in [2.75, 3.05) is 5.32 Å². The minimum Gasteiger partial charge on any atom is -0.489 e. The maximum Gasteiger partial charge on any atom is 0.259 e. The summed E-state index contributed by atoms with van der Waals surface area (Å²) in [5.41, 5.74) is 4.58. The molecule has 5 rings (SSSR count). The predicted molar refractivity (Wildman–Crippen MR) is 154 cm³/mol. The van der Waals surface area contributed by atoms with Crippen LogP contribution in [-0.2, 0) is 19.4 Å². The number of carbonyl (C=O) groups is 1. The van der Waals surface area contributed by atoms with Crippen LogP contribution in [0.5, 0.6) is 5.75 Å². The third-order valence-electron chi connectivity index (χ3n) is 6.47. The first-order valence-electron chi connectivity index (χ1n) is 12.7. The Hall–Kier alpha value is -3.41. The molecule has 0 atom stereocenters. The lowest BCUT2D eigenvalue weighted by molar-refractivity contribution is 0.102. The molecule has 1 amide bonds. The van der Waals surface area contributed by atoms with Crippen LogP contribution in [-0.4, -0.2) is 12.1 Å². The number of hydrogen-bond donors (Lipinski definition) is 1. The second kappa shape index (κ2) is 12.2. The van der Waals surface area contributed by atoms with Crippen molar-refractivity contribution >= 4 is 45.7 Å². The SMILES string of the molecule is O=C(Nc1ccccc1)c1c(N=Cc2ccc(OCc3ccccc3Cl)cc2)sc2c1CCCCCC2. The van der Waals surface area contributed by atoms with E-state index in [1.807, 2.05) is 85.1 Å². The van der Waals surface area contributed by atoms with Gasteiger partial charge >= 0.3 is 0 Å². The molecule has 188 valence electrons. The molecule has 0 saturated heterocycles. The predicted octanol–water partition coefficient (Wildman–Crippen LogP) is 8.64. The van der Waals surface area contributed by atoms with Crippen LogP contribution in [0.4, 0.5) is 10.7 Å². The van der Waals surface area contributed by atoms with Gasteiger partial charge in [0.25, 0.3) is 5.91 Å². The summed E-state index contributed by atoms with van der Waals surface area (Å²) in [4.78, 5) is 19.5. The molecular formula is C31H29ClN2O2S. The van der Waals surface area contributed by atoms with Gasteiger partial charge in [-0.1, -0.05) is 60.8 Å². The van der Waals surface area contributed by atoms with Gasteiger partial charge in [0.05, 0.1) is 5.56 Å². The van der Waals surface area contributed by atoms with Crippen molar-refractivity contribution in [2.45, 2.75) is 45.1 Å². The van der Waals surface area contributed by atoms with E-state index in [4.69, 9.17) is 21.3 Å². The first kappa shape index (κ1) is 25.2. The minimum absolute atomic E-state index is 0.0836. The average molecular weight is 529 g/mol. The topological polar surface area (TPSA) is 50.7 Å². The summed E-state index contributed by atoms with van der Waals surface area (Å²) in [6.45, 7) is 0.410. The van der Waals surface area contributed by atoms with Crippen molar-refractivity contribution in [3.63, 3.8) is 0 Å². The monoisotopic (exact) mass is 528 g/mol. The van der Waals surface area contributed by atoms with E-state index >= 15 is 0 Å². The molecule has 0 spiro atoms. The number of fused-ring (bicyclic) bond motifs is 1. The van der Waals surface area contributed by atoms with E-state index in [9.17, 15) is 4.79 Å². The third kappa shape index (κ3) is 6.48. The van der Waals surface area contributed by atoms with E-state index in [0.717, 1.165) is 58.8 Å². The molecular weight excluding hydrogens is 500 g/mol. The van der Waals surface area contributed by atoms with Crippen molar-refractivity contribution in [3.8, 4) is 5.75 Å². The molecule has 0 saturated carbocycles. The van der Waals surface area contributed by atoms with Crippen LogP contribution < -0.4 is 10.1 Å². The molecule has 0 radical (unpaired) electrons. The van der Waals surface area contributed by atoms with Crippen molar-refractivity contribution < 1.29 is 9.53 Å². The number of anilines is 1. The Morgan fingerprint density at radius 1 is 0.919 bits per heavy atom. The van der Waals surface area contributed by atoms with E-state index in [1.54, 1.807) is 11.3 Å². The lowest BCUT2D eigenvalue weighted by Gasteiger charge is -2.12. The normalized spacial score (nSPS) is 13.5. The van der Waals surface area contributed by atoms with Crippen LogP contribution in [0.1, 0.15) is 57.6 Å². The van der Waals surface area contributed by atoms with Gasteiger partial charge in [-0.3, -0.25) is 4.79 Å². The summed E-state index contributed by atoms with van der Waals surface area (Å²) in [5, 5.41) is 4.55. The van der Waals surface area contributed by atoms with E-state index < -0.39 is 0 Å². The summed E-state index contributed by atoms with van der Waals surface area (Å²) in [7, 11) is 0. The van der Waals surface area contributed by atoms with Crippen LogP contribution in [0.25, 0.3) is 0 Å². The molecule has 3 aromatic carbocycles. The number of amides is 1. The maximum atomic E-state index is 13.4. The summed E-state index contributed by atoms with van der Waals surface area (Å²) in [6.07, 6.45) is 8.48. The smallest absolute Gasteiger partial charge is 0.259 e. The molecule has 1 heterocycles. The van der Waals surface area contributed by atoms with Crippen molar-refractivity contribution in [2.24, 2.45) is 4.99 Å². The van der Waals surface area contributed by atoms with Crippen LogP contribution in [0, 0.1) is 0 Å². The molecule has 4 aromatic rings. The fourth-order valence-corrected chi connectivity index (χ4v) is 5.93. The molecule has 4 nitrogen and oxygen atoms in total. The Morgan fingerprint density at radius 3 is 2.43 bits per heavy atom. The summed E-state index contributed by atoms with van der Waals surface area (Å²) in [5.74, 6) is 0.679. The number of carbonyl (C=O) groups excluding carboxylic acids is 1. The summed E-state index contributed by atoms with van der Waals surface area (Å²) >= 11 is 7.88. The number of halogens is 1. The summed E-state index contributed by atoms with van der Waals surface area (Å²) < 4.78 is 5.90. The van der Waals surface area contributed by atoms with Gasteiger partial charge in [-0.05, 0) is 79.3 Å². The number of nitrogens with one attached hydrogen (secondary N) is 1.